The van der Waals surface area contributed by atoms with E-state index in [0.29, 0.717) is 55.7 Å². The van der Waals surface area contributed by atoms with Crippen LogP contribution in [0.15, 0.2) is 71.3 Å². The number of hydroxylamine groups is 1. The van der Waals surface area contributed by atoms with Crippen LogP contribution in [0.2, 0.25) is 0 Å². The van der Waals surface area contributed by atoms with Crippen LogP contribution in [0, 0.1) is 6.92 Å². The highest BCUT2D eigenvalue weighted by Gasteiger charge is 2.43. The van der Waals surface area contributed by atoms with E-state index in [1.807, 2.05) is 36.1 Å². The van der Waals surface area contributed by atoms with Gasteiger partial charge in [0.25, 0.3) is 5.91 Å². The molecule has 0 aromatic heterocycles. The molecule has 1 N–H and O–H groups in total. The van der Waals surface area contributed by atoms with E-state index >= 15 is 0 Å². The minimum absolute atomic E-state index is 0.0615. The summed E-state index contributed by atoms with van der Waals surface area (Å²) >= 11 is 0. The molecule has 3 aliphatic rings. The van der Waals surface area contributed by atoms with Crippen molar-refractivity contribution >= 4 is 15.9 Å². The zero-order valence-electron chi connectivity index (χ0n) is 20.9. The summed E-state index contributed by atoms with van der Waals surface area (Å²) in [5, 5.41) is 0. The van der Waals surface area contributed by atoms with Crippen LogP contribution in [-0.4, -0.2) is 73.3 Å². The Balaban J connectivity index is 1.17. The fourth-order valence-corrected chi connectivity index (χ4v) is 6.66. The second-order valence-electron chi connectivity index (χ2n) is 9.96. The van der Waals surface area contributed by atoms with E-state index in [2.05, 4.69) is 41.6 Å². The van der Waals surface area contributed by atoms with E-state index < -0.39 is 15.6 Å². The summed E-state index contributed by atoms with van der Waals surface area (Å²) in [4.78, 5) is 23.7. The van der Waals surface area contributed by atoms with Gasteiger partial charge in [-0.1, -0.05) is 48.0 Å². The predicted molar refractivity (Wildman–Crippen MR) is 137 cm³/mol. The molecule has 2 fully saturated rings. The molecule has 5 rings (SSSR count). The van der Waals surface area contributed by atoms with Crippen LogP contribution in [0.5, 0.6) is 0 Å². The van der Waals surface area contributed by atoms with Gasteiger partial charge < -0.3 is 4.90 Å². The van der Waals surface area contributed by atoms with Crippen molar-refractivity contribution in [1.29, 1.82) is 0 Å². The molecular weight excluding hydrogens is 476 g/mol. The monoisotopic (exact) mass is 510 g/mol. The normalized spacial score (nSPS) is 21.7. The third-order valence-electron chi connectivity index (χ3n) is 7.66. The Bertz CT molecular complexity index is 1210. The topological polar surface area (TPSA) is 82.2 Å². The van der Waals surface area contributed by atoms with Gasteiger partial charge in [-0.3, -0.25) is 20.0 Å². The van der Waals surface area contributed by atoms with Gasteiger partial charge in [0, 0.05) is 45.3 Å². The number of carbonyl (C=O) groups excluding carboxylic acids is 1. The molecule has 36 heavy (non-hydrogen) atoms. The largest absolute Gasteiger partial charge is 0.335 e. The first kappa shape index (κ1) is 25.0. The summed E-state index contributed by atoms with van der Waals surface area (Å²) in [6.07, 6.45) is 2.85. The molecule has 8 nitrogen and oxygen atoms in total. The number of sulfonamides is 1. The van der Waals surface area contributed by atoms with Crippen molar-refractivity contribution < 1.29 is 18.0 Å². The molecule has 0 bridgehead atoms. The lowest BCUT2D eigenvalue weighted by atomic mass is 9.92. The van der Waals surface area contributed by atoms with Crippen molar-refractivity contribution in [3.8, 4) is 0 Å². The molecule has 0 aliphatic carbocycles. The van der Waals surface area contributed by atoms with Gasteiger partial charge in [0.15, 0.2) is 0 Å². The highest BCUT2D eigenvalue weighted by atomic mass is 32.2. The molecule has 3 heterocycles. The highest BCUT2D eigenvalue weighted by molar-refractivity contribution is 7.89. The van der Waals surface area contributed by atoms with Gasteiger partial charge >= 0.3 is 0 Å². The zero-order chi connectivity index (χ0) is 25.3. The molecule has 0 saturated carbocycles. The average Bonchev–Trinajstić information content (AvgIpc) is 3.32. The van der Waals surface area contributed by atoms with Gasteiger partial charge in [0.1, 0.15) is 11.3 Å². The average molecular weight is 511 g/mol. The summed E-state index contributed by atoms with van der Waals surface area (Å²) in [6.45, 7) is 7.76. The molecule has 2 aromatic rings. The third-order valence-corrected chi connectivity index (χ3v) is 9.57. The molecule has 192 valence electrons. The number of hydrogen-bond donors (Lipinski definition) is 1. The van der Waals surface area contributed by atoms with Gasteiger partial charge in [0.2, 0.25) is 10.0 Å². The van der Waals surface area contributed by atoms with Gasteiger partial charge in [0.05, 0.1) is 4.90 Å². The Hall–Kier alpha value is -2.72. The molecule has 0 radical (unpaired) electrons. The summed E-state index contributed by atoms with van der Waals surface area (Å²) in [7, 11) is -3.55. The SMILES string of the molecule is Cc1ccc(S(=O)(=O)N2CCC3(C=C(C(=O)N4CCN(C(C)c5ccccc5)CC4)NO3)CC2)cc1. The summed E-state index contributed by atoms with van der Waals surface area (Å²) in [5.41, 5.74) is 4.95. The van der Waals surface area contributed by atoms with Crippen molar-refractivity contribution in [2.24, 2.45) is 0 Å². The number of nitrogens with zero attached hydrogens (tertiary/aromatic N) is 3. The zero-order valence-corrected chi connectivity index (χ0v) is 21.7. The minimum Gasteiger partial charge on any atom is -0.335 e. The van der Waals surface area contributed by atoms with Gasteiger partial charge in [-0.05, 0) is 50.5 Å². The molecule has 3 aliphatic heterocycles. The van der Waals surface area contributed by atoms with Gasteiger partial charge in [-0.25, -0.2) is 8.42 Å². The Kier molecular flexibility index (Phi) is 6.91. The number of piperidine rings is 1. The maximum absolute atomic E-state index is 13.2. The van der Waals surface area contributed by atoms with Crippen LogP contribution in [0.3, 0.4) is 0 Å². The maximum atomic E-state index is 13.2. The molecular formula is C27H34N4O4S. The second-order valence-corrected chi connectivity index (χ2v) is 11.9. The maximum Gasteiger partial charge on any atom is 0.272 e. The summed E-state index contributed by atoms with van der Waals surface area (Å²) in [6, 6.07) is 17.7. The second kappa shape index (κ2) is 9.97. The first-order valence-corrected chi connectivity index (χ1v) is 14.0. The molecule has 2 aromatic carbocycles. The van der Waals surface area contributed by atoms with Crippen LogP contribution in [0.1, 0.15) is 36.9 Å². The van der Waals surface area contributed by atoms with Crippen LogP contribution >= 0.6 is 0 Å². The molecule has 1 spiro atoms. The quantitative estimate of drug-likeness (QED) is 0.666. The lowest BCUT2D eigenvalue weighted by Crippen LogP contribution is -2.50. The Labute approximate surface area is 213 Å². The smallest absolute Gasteiger partial charge is 0.272 e. The number of amides is 1. The van der Waals surface area contributed by atoms with Crippen molar-refractivity contribution in [2.75, 3.05) is 39.3 Å². The molecule has 1 unspecified atom stereocenters. The van der Waals surface area contributed by atoms with E-state index in [1.54, 1.807) is 12.1 Å². The lowest BCUT2D eigenvalue weighted by Gasteiger charge is -2.38. The number of benzene rings is 2. The van der Waals surface area contributed by atoms with E-state index in [0.717, 1.165) is 18.7 Å². The number of aryl methyl sites for hydroxylation is 1. The predicted octanol–water partition coefficient (Wildman–Crippen LogP) is 2.84. The minimum atomic E-state index is -3.55. The molecule has 1 amide bonds. The van der Waals surface area contributed by atoms with Crippen LogP contribution in [0.25, 0.3) is 0 Å². The number of carbonyl (C=O) groups is 1. The Morgan fingerprint density at radius 1 is 0.944 bits per heavy atom. The van der Waals surface area contributed by atoms with Gasteiger partial charge in [-0.2, -0.15) is 4.31 Å². The van der Waals surface area contributed by atoms with Crippen LogP contribution in [-0.2, 0) is 19.7 Å². The fraction of sp³-hybridized carbons (Fsp3) is 0.444. The third kappa shape index (κ3) is 4.93. The number of nitrogens with one attached hydrogen (secondary N) is 1. The molecule has 1 atom stereocenters. The Morgan fingerprint density at radius 2 is 1.58 bits per heavy atom. The number of hydrogen-bond acceptors (Lipinski definition) is 6. The van der Waals surface area contributed by atoms with E-state index in [9.17, 15) is 13.2 Å². The molecule has 9 heteroatoms. The van der Waals surface area contributed by atoms with Crippen LogP contribution in [0.4, 0.5) is 0 Å². The first-order chi connectivity index (χ1) is 17.3. The van der Waals surface area contributed by atoms with E-state index in [1.165, 1.54) is 9.87 Å². The highest BCUT2D eigenvalue weighted by Crippen LogP contribution is 2.34. The van der Waals surface area contributed by atoms with Crippen molar-refractivity contribution in [2.45, 2.75) is 43.2 Å². The van der Waals surface area contributed by atoms with Gasteiger partial charge in [-0.15, -0.1) is 0 Å². The summed E-state index contributed by atoms with van der Waals surface area (Å²) < 4.78 is 27.6. The Morgan fingerprint density at radius 3 is 2.22 bits per heavy atom. The van der Waals surface area contributed by atoms with Crippen LogP contribution < -0.4 is 5.48 Å². The van der Waals surface area contributed by atoms with E-state index in [-0.39, 0.29) is 5.91 Å². The van der Waals surface area contributed by atoms with Crippen molar-refractivity contribution in [1.82, 2.24) is 19.6 Å². The fourth-order valence-electron chi connectivity index (χ4n) is 5.22. The van der Waals surface area contributed by atoms with E-state index in [4.69, 9.17) is 4.84 Å². The first-order valence-electron chi connectivity index (χ1n) is 12.6. The summed E-state index contributed by atoms with van der Waals surface area (Å²) in [5.74, 6) is -0.0615. The number of rotatable bonds is 5. The van der Waals surface area contributed by atoms with Crippen molar-refractivity contribution in [3.05, 3.63) is 77.5 Å². The standard InChI is InChI=1S/C27H34N4O4S/c1-21-8-10-24(11-9-21)36(33,34)31-14-12-27(13-15-31)20-25(28-35-27)26(32)30-18-16-29(17-19-30)22(2)23-6-4-3-5-7-23/h3-11,20,22,28H,12-19H2,1-2H3. The molecule has 2 saturated heterocycles. The lowest BCUT2D eigenvalue weighted by molar-refractivity contribution is -0.131. The number of piperazine rings is 1. The van der Waals surface area contributed by atoms with Crippen molar-refractivity contribution in [3.63, 3.8) is 0 Å².